The molecule has 5 heteroatoms. The van der Waals surface area contributed by atoms with Gasteiger partial charge in [0.15, 0.2) is 3.98 Å². The monoisotopic (exact) mass is 296 g/mol. The van der Waals surface area contributed by atoms with Gasteiger partial charge in [-0.05, 0) is 37.4 Å². The minimum absolute atomic E-state index is 1.02. The molecular formula is C13H16N2S3. The van der Waals surface area contributed by atoms with Crippen molar-refractivity contribution in [1.82, 2.24) is 0 Å². The second-order valence-corrected chi connectivity index (χ2v) is 7.58. The van der Waals surface area contributed by atoms with Crippen LogP contribution in [0.3, 0.4) is 0 Å². The lowest BCUT2D eigenvalue weighted by molar-refractivity contribution is 1.13. The van der Waals surface area contributed by atoms with Crippen molar-refractivity contribution in [2.24, 2.45) is 4.99 Å². The van der Waals surface area contributed by atoms with Gasteiger partial charge >= 0.3 is 0 Å². The maximum atomic E-state index is 4.68. The molecule has 2 nitrogen and oxygen atoms in total. The zero-order valence-corrected chi connectivity index (χ0v) is 13.4. The molecule has 0 saturated carbocycles. The third-order valence-corrected chi connectivity index (χ3v) is 6.20. The predicted molar refractivity (Wildman–Crippen MR) is 84.7 cm³/mol. The van der Waals surface area contributed by atoms with Gasteiger partial charge in [-0.3, -0.25) is 0 Å². The number of aryl methyl sites for hydroxylation is 1. The summed E-state index contributed by atoms with van der Waals surface area (Å²) >= 11 is 5.33. The second kappa shape index (κ2) is 5.91. The number of thioether (sulfide) groups is 1. The summed E-state index contributed by atoms with van der Waals surface area (Å²) in [7, 11) is 4.09. The summed E-state index contributed by atoms with van der Waals surface area (Å²) in [6.07, 6.45) is 2.11. The van der Waals surface area contributed by atoms with Crippen molar-refractivity contribution in [1.29, 1.82) is 0 Å². The van der Waals surface area contributed by atoms with Crippen LogP contribution in [0.2, 0.25) is 0 Å². The lowest BCUT2D eigenvalue weighted by atomic mass is 10.3. The van der Waals surface area contributed by atoms with E-state index in [0.29, 0.717) is 0 Å². The standard InChI is InChI=1S/C13H16N2S3/c1-9-12(16-4)18-13(17-9)14-10-5-7-11(8-6-10)15(2)3/h5-8H,1-4H3. The number of anilines is 1. The molecule has 0 N–H and O–H groups in total. The van der Waals surface area contributed by atoms with Crippen molar-refractivity contribution < 1.29 is 0 Å². The number of nitrogens with zero attached hydrogens (tertiary/aromatic N) is 2. The quantitative estimate of drug-likeness (QED) is 0.791. The zero-order valence-electron chi connectivity index (χ0n) is 10.9. The highest BCUT2D eigenvalue weighted by molar-refractivity contribution is 8.00. The van der Waals surface area contributed by atoms with Crippen LogP contribution >= 0.6 is 34.4 Å². The summed E-state index contributed by atoms with van der Waals surface area (Å²) in [5.74, 6) is 0. The molecule has 0 aliphatic rings. The van der Waals surface area contributed by atoms with E-state index in [9.17, 15) is 0 Å². The first-order valence-corrected chi connectivity index (χ1v) is 8.42. The maximum absolute atomic E-state index is 4.68. The van der Waals surface area contributed by atoms with E-state index in [1.54, 1.807) is 34.4 Å². The molecule has 18 heavy (non-hydrogen) atoms. The van der Waals surface area contributed by atoms with Crippen molar-refractivity contribution >= 4 is 45.8 Å². The van der Waals surface area contributed by atoms with E-state index in [0.717, 1.165) is 9.67 Å². The normalized spacial score (nSPS) is 11.9. The first-order valence-electron chi connectivity index (χ1n) is 5.57. The number of hydrogen-bond donors (Lipinski definition) is 0. The minimum Gasteiger partial charge on any atom is -0.378 e. The molecule has 0 radical (unpaired) electrons. The zero-order chi connectivity index (χ0) is 13.1. The van der Waals surface area contributed by atoms with Crippen LogP contribution in [0.15, 0.2) is 33.5 Å². The summed E-state index contributed by atoms with van der Waals surface area (Å²) in [4.78, 5) is 8.12. The Kier molecular flexibility index (Phi) is 4.48. The first-order chi connectivity index (χ1) is 8.60. The van der Waals surface area contributed by atoms with Gasteiger partial charge in [-0.2, -0.15) is 0 Å². The average Bonchev–Trinajstić information content (AvgIpc) is 2.70. The van der Waals surface area contributed by atoms with Crippen molar-refractivity contribution in [3.05, 3.63) is 33.1 Å². The molecular weight excluding hydrogens is 280 g/mol. The average molecular weight is 296 g/mol. The highest BCUT2D eigenvalue weighted by atomic mass is 32.2. The molecule has 0 saturated heterocycles. The Bertz CT molecular complexity index is 579. The van der Waals surface area contributed by atoms with Gasteiger partial charge in [0, 0.05) is 24.7 Å². The SMILES string of the molecule is CSc1sc(=Nc2ccc(N(C)C)cc2)sc1C. The molecule has 0 atom stereocenters. The van der Waals surface area contributed by atoms with Crippen LogP contribution in [0.1, 0.15) is 4.88 Å². The van der Waals surface area contributed by atoms with Crippen molar-refractivity contribution in [2.45, 2.75) is 11.1 Å². The van der Waals surface area contributed by atoms with Gasteiger partial charge in [-0.25, -0.2) is 4.99 Å². The molecule has 0 amide bonds. The Morgan fingerprint density at radius 1 is 1.11 bits per heavy atom. The fourth-order valence-corrected chi connectivity index (χ4v) is 4.89. The van der Waals surface area contributed by atoms with Crippen LogP contribution in [-0.4, -0.2) is 20.4 Å². The Labute approximate surface area is 120 Å². The number of rotatable bonds is 3. The van der Waals surface area contributed by atoms with Crippen LogP contribution in [-0.2, 0) is 0 Å². The smallest absolute Gasteiger partial charge is 0.172 e. The molecule has 2 aromatic rings. The Morgan fingerprint density at radius 3 is 2.28 bits per heavy atom. The summed E-state index contributed by atoms with van der Waals surface area (Å²) < 4.78 is 2.48. The lowest BCUT2D eigenvalue weighted by Crippen LogP contribution is -2.07. The van der Waals surface area contributed by atoms with Crippen LogP contribution in [0, 0.1) is 6.92 Å². The Morgan fingerprint density at radius 2 is 1.78 bits per heavy atom. The molecule has 96 valence electrons. The highest BCUT2D eigenvalue weighted by Crippen LogP contribution is 2.26. The topological polar surface area (TPSA) is 15.6 Å². The molecule has 1 heterocycles. The summed E-state index contributed by atoms with van der Waals surface area (Å²) in [6, 6.07) is 8.32. The minimum atomic E-state index is 1.02. The van der Waals surface area contributed by atoms with Gasteiger partial charge < -0.3 is 4.90 Å². The summed E-state index contributed by atoms with van der Waals surface area (Å²) in [6.45, 7) is 2.15. The molecule has 0 unspecified atom stereocenters. The molecule has 0 fully saturated rings. The van der Waals surface area contributed by atoms with E-state index in [1.165, 1.54) is 14.8 Å². The van der Waals surface area contributed by atoms with E-state index >= 15 is 0 Å². The van der Waals surface area contributed by atoms with Crippen molar-refractivity contribution in [2.75, 3.05) is 25.3 Å². The van der Waals surface area contributed by atoms with Crippen LogP contribution in [0.5, 0.6) is 0 Å². The number of hydrogen-bond acceptors (Lipinski definition) is 5. The molecule has 2 rings (SSSR count). The van der Waals surface area contributed by atoms with Crippen LogP contribution in [0.25, 0.3) is 0 Å². The second-order valence-electron chi connectivity index (χ2n) is 4.04. The molecule has 0 aliphatic carbocycles. The molecule has 1 aromatic carbocycles. The Balaban J connectivity index is 2.31. The van der Waals surface area contributed by atoms with E-state index in [1.807, 2.05) is 14.1 Å². The molecule has 0 spiro atoms. The van der Waals surface area contributed by atoms with Crippen molar-refractivity contribution in [3.63, 3.8) is 0 Å². The van der Waals surface area contributed by atoms with Crippen LogP contribution < -0.4 is 8.88 Å². The van der Waals surface area contributed by atoms with Gasteiger partial charge in [0.05, 0.1) is 9.90 Å². The lowest BCUT2D eigenvalue weighted by Gasteiger charge is -2.11. The van der Waals surface area contributed by atoms with Crippen LogP contribution in [0.4, 0.5) is 11.4 Å². The first kappa shape index (κ1) is 13.6. The van der Waals surface area contributed by atoms with Gasteiger partial charge in [0.25, 0.3) is 0 Å². The van der Waals surface area contributed by atoms with E-state index in [-0.39, 0.29) is 0 Å². The largest absolute Gasteiger partial charge is 0.378 e. The Hall–Kier alpha value is -0.780. The maximum Gasteiger partial charge on any atom is 0.172 e. The fraction of sp³-hybridized carbons (Fsp3) is 0.308. The van der Waals surface area contributed by atoms with Crippen molar-refractivity contribution in [3.8, 4) is 0 Å². The molecule has 0 aliphatic heterocycles. The predicted octanol–water partition coefficient (Wildman–Crippen LogP) is 4.14. The van der Waals surface area contributed by atoms with Gasteiger partial charge in [0.1, 0.15) is 0 Å². The van der Waals surface area contributed by atoms with Gasteiger partial charge in [-0.15, -0.1) is 23.1 Å². The van der Waals surface area contributed by atoms with E-state index in [2.05, 4.69) is 47.3 Å². The van der Waals surface area contributed by atoms with E-state index in [4.69, 9.17) is 0 Å². The highest BCUT2D eigenvalue weighted by Gasteiger charge is 2.01. The van der Waals surface area contributed by atoms with Gasteiger partial charge in [0.2, 0.25) is 0 Å². The molecule has 1 aromatic heterocycles. The number of benzene rings is 1. The third kappa shape index (κ3) is 3.16. The third-order valence-electron chi connectivity index (χ3n) is 2.48. The summed E-state index contributed by atoms with van der Waals surface area (Å²) in [5.41, 5.74) is 2.22. The summed E-state index contributed by atoms with van der Waals surface area (Å²) in [5, 5.41) is 0. The van der Waals surface area contributed by atoms with Gasteiger partial charge in [-0.1, -0.05) is 11.3 Å². The van der Waals surface area contributed by atoms with E-state index < -0.39 is 0 Å². The molecule has 0 bridgehead atoms. The fourth-order valence-electron chi connectivity index (χ4n) is 1.51.